The Morgan fingerprint density at radius 2 is 2.43 bits per heavy atom. The van der Waals surface area contributed by atoms with E-state index < -0.39 is 0 Å². The summed E-state index contributed by atoms with van der Waals surface area (Å²) in [5.74, 6) is 0.671. The summed E-state index contributed by atoms with van der Waals surface area (Å²) in [6.45, 7) is 1.18. The molecule has 0 radical (unpaired) electrons. The van der Waals surface area contributed by atoms with Crippen LogP contribution >= 0.6 is 11.6 Å². The molecular weight excluding hydrogens is 294 g/mol. The second-order valence-electron chi connectivity index (χ2n) is 4.77. The van der Waals surface area contributed by atoms with Crippen molar-refractivity contribution < 1.29 is 9.53 Å². The number of carbonyl (C=O) groups excluding carboxylic acids is 1. The van der Waals surface area contributed by atoms with E-state index in [1.165, 1.54) is 12.5 Å². The lowest BCUT2D eigenvalue weighted by Crippen LogP contribution is -2.44. The van der Waals surface area contributed by atoms with Gasteiger partial charge in [-0.15, -0.1) is 0 Å². The van der Waals surface area contributed by atoms with Crippen molar-refractivity contribution in [2.45, 2.75) is 18.9 Å². The molecule has 1 unspecified atom stereocenters. The molecule has 0 bridgehead atoms. The van der Waals surface area contributed by atoms with Crippen LogP contribution < -0.4 is 4.74 Å². The molecule has 1 fully saturated rings. The van der Waals surface area contributed by atoms with E-state index in [0.29, 0.717) is 23.9 Å². The fraction of sp³-hybridized carbons (Fsp3) is 0.385. The van der Waals surface area contributed by atoms with Gasteiger partial charge in [0.15, 0.2) is 0 Å². The number of rotatable bonds is 3. The summed E-state index contributed by atoms with van der Waals surface area (Å²) in [5, 5.41) is 6.75. The zero-order valence-corrected chi connectivity index (χ0v) is 12.0. The summed E-state index contributed by atoms with van der Waals surface area (Å²) < 4.78 is 5.87. The van der Waals surface area contributed by atoms with Crippen LogP contribution in [0, 0.1) is 0 Å². The van der Waals surface area contributed by atoms with Gasteiger partial charge in [0.1, 0.15) is 23.2 Å². The minimum atomic E-state index is -0.165. The Morgan fingerprint density at radius 1 is 1.52 bits per heavy atom. The lowest BCUT2D eigenvalue weighted by molar-refractivity contribution is 0.0527. The van der Waals surface area contributed by atoms with Crippen LogP contribution in [0.5, 0.6) is 5.75 Å². The first-order valence-electron chi connectivity index (χ1n) is 6.65. The predicted octanol–water partition coefficient (Wildman–Crippen LogP) is 1.54. The number of hydrogen-bond donors (Lipinski definition) is 1. The van der Waals surface area contributed by atoms with Gasteiger partial charge in [-0.2, -0.15) is 5.10 Å². The largest absolute Gasteiger partial charge is 0.487 e. The Kier molecular flexibility index (Phi) is 4.01. The van der Waals surface area contributed by atoms with Crippen LogP contribution in [0.3, 0.4) is 0 Å². The van der Waals surface area contributed by atoms with Gasteiger partial charge >= 0.3 is 0 Å². The number of halogens is 1. The topological polar surface area (TPSA) is 84.0 Å². The SMILES string of the molecule is O=C(c1ncn[nH]1)N1CCCC(Oc2ccncc2Cl)C1. The van der Waals surface area contributed by atoms with E-state index in [-0.39, 0.29) is 17.8 Å². The molecule has 1 aliphatic rings. The Balaban J connectivity index is 1.66. The smallest absolute Gasteiger partial charge is 0.291 e. The van der Waals surface area contributed by atoms with Crippen molar-refractivity contribution in [2.75, 3.05) is 13.1 Å². The van der Waals surface area contributed by atoms with E-state index in [1.54, 1.807) is 17.2 Å². The number of carbonyl (C=O) groups is 1. The van der Waals surface area contributed by atoms with E-state index in [2.05, 4.69) is 20.2 Å². The van der Waals surface area contributed by atoms with Crippen LogP contribution in [-0.2, 0) is 0 Å². The lowest BCUT2D eigenvalue weighted by atomic mass is 10.1. The van der Waals surface area contributed by atoms with Crippen LogP contribution in [0.4, 0.5) is 0 Å². The van der Waals surface area contributed by atoms with Crippen molar-refractivity contribution >= 4 is 17.5 Å². The van der Waals surface area contributed by atoms with Crippen molar-refractivity contribution in [1.29, 1.82) is 0 Å². The first-order valence-corrected chi connectivity index (χ1v) is 7.02. The normalized spacial score (nSPS) is 18.5. The number of piperidine rings is 1. The molecule has 2 aromatic rings. The molecule has 21 heavy (non-hydrogen) atoms. The molecule has 1 aliphatic heterocycles. The van der Waals surface area contributed by atoms with Crippen LogP contribution in [0.2, 0.25) is 5.02 Å². The second kappa shape index (κ2) is 6.09. The van der Waals surface area contributed by atoms with Crippen molar-refractivity contribution in [1.82, 2.24) is 25.1 Å². The number of nitrogens with one attached hydrogen (secondary N) is 1. The molecule has 1 atom stereocenters. The Morgan fingerprint density at radius 3 is 3.19 bits per heavy atom. The van der Waals surface area contributed by atoms with Crippen LogP contribution in [0.25, 0.3) is 0 Å². The van der Waals surface area contributed by atoms with Crippen molar-refractivity contribution in [3.8, 4) is 5.75 Å². The van der Waals surface area contributed by atoms with E-state index in [0.717, 1.165) is 12.8 Å². The van der Waals surface area contributed by atoms with Gasteiger partial charge in [-0.1, -0.05) is 11.6 Å². The van der Waals surface area contributed by atoms with Crippen molar-refractivity contribution in [3.05, 3.63) is 35.6 Å². The van der Waals surface area contributed by atoms with Crippen molar-refractivity contribution in [2.24, 2.45) is 0 Å². The number of ether oxygens (including phenoxy) is 1. The molecule has 0 spiro atoms. The third-order valence-electron chi connectivity index (χ3n) is 3.31. The Hall–Kier alpha value is -2.15. The summed E-state index contributed by atoms with van der Waals surface area (Å²) in [7, 11) is 0. The van der Waals surface area contributed by atoms with E-state index >= 15 is 0 Å². The zero-order valence-electron chi connectivity index (χ0n) is 11.2. The molecule has 3 heterocycles. The van der Waals surface area contributed by atoms with Gasteiger partial charge in [0.2, 0.25) is 5.82 Å². The molecule has 1 N–H and O–H groups in total. The molecule has 1 saturated heterocycles. The van der Waals surface area contributed by atoms with Crippen molar-refractivity contribution in [3.63, 3.8) is 0 Å². The predicted molar refractivity (Wildman–Crippen MR) is 75.2 cm³/mol. The summed E-state index contributed by atoms with van der Waals surface area (Å²) in [4.78, 5) is 21.7. The fourth-order valence-electron chi connectivity index (χ4n) is 2.31. The molecule has 3 rings (SSSR count). The maximum absolute atomic E-state index is 12.2. The number of hydrogen-bond acceptors (Lipinski definition) is 5. The second-order valence-corrected chi connectivity index (χ2v) is 5.18. The van der Waals surface area contributed by atoms with Crippen LogP contribution in [-0.4, -0.2) is 50.2 Å². The first kappa shape index (κ1) is 13.8. The summed E-state index contributed by atoms with van der Waals surface area (Å²) in [6, 6.07) is 1.72. The first-order chi connectivity index (χ1) is 10.2. The van der Waals surface area contributed by atoms with Gasteiger partial charge < -0.3 is 9.64 Å². The third-order valence-corrected chi connectivity index (χ3v) is 3.60. The monoisotopic (exact) mass is 307 g/mol. The number of H-pyrrole nitrogens is 1. The van der Waals surface area contributed by atoms with Gasteiger partial charge in [-0.25, -0.2) is 4.98 Å². The lowest BCUT2D eigenvalue weighted by Gasteiger charge is -2.32. The van der Waals surface area contributed by atoms with Gasteiger partial charge in [0.25, 0.3) is 5.91 Å². The molecule has 110 valence electrons. The Bertz CT molecular complexity index is 619. The number of nitrogens with zero attached hydrogens (tertiary/aromatic N) is 4. The maximum Gasteiger partial charge on any atom is 0.291 e. The minimum absolute atomic E-state index is 0.0921. The van der Waals surface area contributed by atoms with Crippen LogP contribution in [0.15, 0.2) is 24.8 Å². The average Bonchev–Trinajstić information content (AvgIpc) is 3.03. The standard InChI is InChI=1S/C13H14ClN5O2/c14-10-6-15-4-3-11(10)21-9-2-1-5-19(7-9)13(20)12-16-8-17-18-12/h3-4,6,8-9H,1-2,5,7H2,(H,16,17,18). The quantitative estimate of drug-likeness (QED) is 0.929. The van der Waals surface area contributed by atoms with Gasteiger partial charge in [0, 0.05) is 25.0 Å². The highest BCUT2D eigenvalue weighted by atomic mass is 35.5. The molecule has 0 aliphatic carbocycles. The van der Waals surface area contributed by atoms with Gasteiger partial charge in [0.05, 0.1) is 6.54 Å². The molecule has 8 heteroatoms. The summed E-state index contributed by atoms with van der Waals surface area (Å²) in [6.07, 6.45) is 6.14. The number of aromatic amines is 1. The molecular formula is C13H14ClN5O2. The van der Waals surface area contributed by atoms with Gasteiger partial charge in [-0.05, 0) is 12.8 Å². The van der Waals surface area contributed by atoms with E-state index in [1.807, 2.05) is 0 Å². The number of likely N-dealkylation sites (tertiary alicyclic amines) is 1. The minimum Gasteiger partial charge on any atom is -0.487 e. The highest BCUT2D eigenvalue weighted by Gasteiger charge is 2.27. The van der Waals surface area contributed by atoms with E-state index in [9.17, 15) is 4.79 Å². The Labute approximate surface area is 126 Å². The average molecular weight is 308 g/mol. The maximum atomic E-state index is 12.2. The fourth-order valence-corrected chi connectivity index (χ4v) is 2.48. The number of aromatic nitrogens is 4. The molecule has 0 aromatic carbocycles. The molecule has 1 amide bonds. The zero-order chi connectivity index (χ0) is 14.7. The number of amides is 1. The summed E-state index contributed by atoms with van der Waals surface area (Å²) in [5.41, 5.74) is 0. The summed E-state index contributed by atoms with van der Waals surface area (Å²) >= 11 is 6.03. The van der Waals surface area contributed by atoms with Crippen LogP contribution in [0.1, 0.15) is 23.5 Å². The number of pyridine rings is 1. The molecule has 7 nitrogen and oxygen atoms in total. The molecule has 2 aromatic heterocycles. The highest BCUT2D eigenvalue weighted by molar-refractivity contribution is 6.31. The van der Waals surface area contributed by atoms with Gasteiger partial charge in [-0.3, -0.25) is 14.9 Å². The molecule has 0 saturated carbocycles. The third kappa shape index (κ3) is 3.13. The van der Waals surface area contributed by atoms with E-state index in [4.69, 9.17) is 16.3 Å². The highest BCUT2D eigenvalue weighted by Crippen LogP contribution is 2.25.